The molecule has 3 rings (SSSR count). The van der Waals surface area contributed by atoms with E-state index in [0.717, 1.165) is 16.9 Å². The summed E-state index contributed by atoms with van der Waals surface area (Å²) in [5, 5.41) is 0.709. The normalized spacial score (nSPS) is 10.3. The highest BCUT2D eigenvalue weighted by molar-refractivity contribution is 6.31. The molecule has 1 aromatic heterocycles. The van der Waals surface area contributed by atoms with Crippen LogP contribution in [0, 0.1) is 6.92 Å². The maximum Gasteiger partial charge on any atom is 0.269 e. The standard InChI is InChI=1S/C21H19ClN2O3/c1-14-12-18(9-10-19(14)22)27-13-16-5-7-17(8-6-16)21(25)24-23-15(2)20-4-3-11-26-20/h3-12,23H,2,13H2,1H3,(H,24,25). The van der Waals surface area contributed by atoms with Gasteiger partial charge in [0.25, 0.3) is 5.91 Å². The summed E-state index contributed by atoms with van der Waals surface area (Å²) in [7, 11) is 0. The molecular weight excluding hydrogens is 364 g/mol. The van der Waals surface area contributed by atoms with Crippen molar-refractivity contribution in [2.75, 3.05) is 0 Å². The van der Waals surface area contributed by atoms with E-state index in [0.29, 0.717) is 28.7 Å². The highest BCUT2D eigenvalue weighted by Gasteiger charge is 2.07. The van der Waals surface area contributed by atoms with E-state index < -0.39 is 0 Å². The molecule has 2 aromatic carbocycles. The van der Waals surface area contributed by atoms with Crippen molar-refractivity contribution in [3.63, 3.8) is 0 Å². The number of benzene rings is 2. The quantitative estimate of drug-likeness (QED) is 0.580. The van der Waals surface area contributed by atoms with E-state index in [-0.39, 0.29) is 5.91 Å². The van der Waals surface area contributed by atoms with Crippen LogP contribution < -0.4 is 15.6 Å². The van der Waals surface area contributed by atoms with Gasteiger partial charge >= 0.3 is 0 Å². The molecule has 5 nitrogen and oxygen atoms in total. The van der Waals surface area contributed by atoms with Gasteiger partial charge in [-0.25, -0.2) is 0 Å². The fraction of sp³-hybridized carbons (Fsp3) is 0.0952. The third kappa shape index (κ3) is 4.92. The Hall–Kier alpha value is -3.18. The SMILES string of the molecule is C=C(NNC(=O)c1ccc(COc2ccc(Cl)c(C)c2)cc1)c1ccco1. The molecule has 1 heterocycles. The first-order chi connectivity index (χ1) is 13.0. The van der Waals surface area contributed by atoms with Crippen molar-refractivity contribution in [2.45, 2.75) is 13.5 Å². The maximum atomic E-state index is 12.2. The number of amides is 1. The van der Waals surface area contributed by atoms with Crippen LogP contribution in [-0.2, 0) is 6.61 Å². The minimum absolute atomic E-state index is 0.275. The lowest BCUT2D eigenvalue weighted by Gasteiger charge is -2.10. The fourth-order valence-corrected chi connectivity index (χ4v) is 2.46. The highest BCUT2D eigenvalue weighted by Crippen LogP contribution is 2.22. The Kier molecular flexibility index (Phi) is 5.84. The number of hydrogen-bond donors (Lipinski definition) is 2. The van der Waals surface area contributed by atoms with Crippen LogP contribution in [0.3, 0.4) is 0 Å². The molecule has 0 unspecified atom stereocenters. The van der Waals surface area contributed by atoms with Crippen LogP contribution >= 0.6 is 11.6 Å². The number of carbonyl (C=O) groups excluding carboxylic acids is 1. The molecule has 0 saturated carbocycles. The maximum absolute atomic E-state index is 12.2. The van der Waals surface area contributed by atoms with Crippen molar-refractivity contribution >= 4 is 23.2 Å². The number of ether oxygens (including phenoxy) is 1. The van der Waals surface area contributed by atoms with Gasteiger partial charge in [0.05, 0.1) is 12.0 Å². The van der Waals surface area contributed by atoms with Gasteiger partial charge in [-0.15, -0.1) is 0 Å². The molecule has 1 amide bonds. The topological polar surface area (TPSA) is 63.5 Å². The molecule has 6 heteroatoms. The second-order valence-electron chi connectivity index (χ2n) is 5.93. The molecule has 0 radical (unpaired) electrons. The Morgan fingerprint density at radius 2 is 1.93 bits per heavy atom. The van der Waals surface area contributed by atoms with Crippen LogP contribution in [0.2, 0.25) is 5.02 Å². The number of aryl methyl sites for hydroxylation is 1. The van der Waals surface area contributed by atoms with Crippen molar-refractivity contribution in [1.29, 1.82) is 0 Å². The lowest BCUT2D eigenvalue weighted by atomic mass is 10.1. The van der Waals surface area contributed by atoms with Crippen molar-refractivity contribution in [3.8, 4) is 5.75 Å². The van der Waals surface area contributed by atoms with Crippen molar-refractivity contribution < 1.29 is 13.9 Å². The molecule has 0 saturated heterocycles. The lowest BCUT2D eigenvalue weighted by molar-refractivity contribution is 0.0942. The van der Waals surface area contributed by atoms with Gasteiger partial charge in [-0.2, -0.15) is 0 Å². The number of nitrogens with one attached hydrogen (secondary N) is 2. The summed E-state index contributed by atoms with van der Waals surface area (Å²) in [6.07, 6.45) is 1.54. The van der Waals surface area contributed by atoms with E-state index in [9.17, 15) is 4.79 Å². The molecule has 3 aromatic rings. The number of rotatable bonds is 7. The Labute approximate surface area is 162 Å². The van der Waals surface area contributed by atoms with E-state index >= 15 is 0 Å². The monoisotopic (exact) mass is 382 g/mol. The zero-order valence-corrected chi connectivity index (χ0v) is 15.5. The van der Waals surface area contributed by atoms with Crippen LogP contribution in [-0.4, -0.2) is 5.91 Å². The highest BCUT2D eigenvalue weighted by atomic mass is 35.5. The summed E-state index contributed by atoms with van der Waals surface area (Å²) in [6.45, 7) is 6.12. The Bertz CT molecular complexity index is 935. The van der Waals surface area contributed by atoms with Gasteiger partial charge in [0, 0.05) is 10.6 Å². The number of furan rings is 1. The first-order valence-electron chi connectivity index (χ1n) is 8.30. The number of hydrogen-bond acceptors (Lipinski definition) is 4. The number of hydrazine groups is 1. The zero-order valence-electron chi connectivity index (χ0n) is 14.8. The van der Waals surface area contributed by atoms with Gasteiger partial charge in [-0.05, 0) is 60.5 Å². The third-order valence-corrected chi connectivity index (χ3v) is 4.32. The summed E-state index contributed by atoms with van der Waals surface area (Å²) < 4.78 is 10.9. The predicted molar refractivity (Wildman–Crippen MR) is 105 cm³/mol. The van der Waals surface area contributed by atoms with Gasteiger partial charge in [0.2, 0.25) is 0 Å². The number of halogens is 1. The second kappa shape index (κ2) is 8.47. The molecule has 0 spiro atoms. The molecule has 2 N–H and O–H groups in total. The van der Waals surface area contributed by atoms with E-state index in [1.807, 2.05) is 37.3 Å². The minimum Gasteiger partial charge on any atom is -0.489 e. The number of carbonyl (C=O) groups is 1. The van der Waals surface area contributed by atoms with Crippen molar-refractivity contribution in [1.82, 2.24) is 10.9 Å². The van der Waals surface area contributed by atoms with Crippen molar-refractivity contribution in [2.24, 2.45) is 0 Å². The van der Waals surface area contributed by atoms with Gasteiger partial charge < -0.3 is 9.15 Å². The summed E-state index contributed by atoms with van der Waals surface area (Å²) in [4.78, 5) is 12.2. The zero-order chi connectivity index (χ0) is 19.2. The predicted octanol–water partition coefficient (Wildman–Crippen LogP) is 4.73. The largest absolute Gasteiger partial charge is 0.489 e. The summed E-state index contributed by atoms with van der Waals surface area (Å²) >= 11 is 6.01. The van der Waals surface area contributed by atoms with E-state index in [1.165, 1.54) is 6.26 Å². The smallest absolute Gasteiger partial charge is 0.269 e. The van der Waals surface area contributed by atoms with E-state index in [4.69, 9.17) is 20.8 Å². The first kappa shape index (κ1) is 18.6. The average molecular weight is 383 g/mol. The van der Waals surface area contributed by atoms with Crippen LogP contribution in [0.1, 0.15) is 27.2 Å². The molecule has 138 valence electrons. The fourth-order valence-electron chi connectivity index (χ4n) is 2.34. The lowest BCUT2D eigenvalue weighted by Crippen LogP contribution is -2.35. The molecule has 0 atom stereocenters. The van der Waals surface area contributed by atoms with Crippen LogP contribution in [0.4, 0.5) is 0 Å². The third-order valence-electron chi connectivity index (χ3n) is 3.90. The average Bonchev–Trinajstić information content (AvgIpc) is 3.22. The molecule has 0 aliphatic carbocycles. The molecule has 27 heavy (non-hydrogen) atoms. The molecule has 0 aliphatic heterocycles. The second-order valence-corrected chi connectivity index (χ2v) is 6.34. The van der Waals surface area contributed by atoms with Crippen molar-refractivity contribution in [3.05, 3.63) is 94.9 Å². The van der Waals surface area contributed by atoms with Gasteiger partial charge in [0.1, 0.15) is 12.4 Å². The van der Waals surface area contributed by atoms with Crippen LogP contribution in [0.5, 0.6) is 5.75 Å². The molecular formula is C21H19ClN2O3. The van der Waals surface area contributed by atoms with Gasteiger partial charge in [0.15, 0.2) is 5.76 Å². The van der Waals surface area contributed by atoms with E-state index in [2.05, 4.69) is 17.4 Å². The van der Waals surface area contributed by atoms with E-state index in [1.54, 1.807) is 24.3 Å². The van der Waals surface area contributed by atoms with Gasteiger partial charge in [-0.3, -0.25) is 15.6 Å². The Balaban J connectivity index is 1.52. The van der Waals surface area contributed by atoms with Crippen LogP contribution in [0.15, 0.2) is 71.9 Å². The molecule has 0 aliphatic rings. The summed E-state index contributed by atoms with van der Waals surface area (Å²) in [6, 6.07) is 16.2. The summed E-state index contributed by atoms with van der Waals surface area (Å²) in [5.41, 5.74) is 8.21. The van der Waals surface area contributed by atoms with Gasteiger partial charge in [-0.1, -0.05) is 30.3 Å². The summed E-state index contributed by atoms with van der Waals surface area (Å²) in [5.74, 6) is 1.03. The molecule has 0 bridgehead atoms. The minimum atomic E-state index is -0.275. The van der Waals surface area contributed by atoms with Crippen LogP contribution in [0.25, 0.3) is 5.70 Å². The molecule has 0 fully saturated rings. The Morgan fingerprint density at radius 1 is 1.15 bits per heavy atom. The first-order valence-corrected chi connectivity index (χ1v) is 8.68. The Morgan fingerprint density at radius 3 is 2.59 bits per heavy atom.